The maximum atomic E-state index is 5.24. The monoisotopic (exact) mass is 283 g/mol. The van der Waals surface area contributed by atoms with Gasteiger partial charge in [0.2, 0.25) is 0 Å². The van der Waals surface area contributed by atoms with Gasteiger partial charge >= 0.3 is 0 Å². The highest BCUT2D eigenvalue weighted by Crippen LogP contribution is 2.29. The van der Waals surface area contributed by atoms with Crippen LogP contribution in [-0.2, 0) is 0 Å². The number of hydrogen-bond acceptors (Lipinski definition) is 2. The zero-order chi connectivity index (χ0) is 12.0. The summed E-state index contributed by atoms with van der Waals surface area (Å²) in [6.07, 6.45) is 2.83. The van der Waals surface area contributed by atoms with Crippen molar-refractivity contribution in [3.8, 4) is 5.75 Å². The lowest BCUT2D eigenvalue weighted by atomic mass is 10.0. The molecule has 0 bridgehead atoms. The summed E-state index contributed by atoms with van der Waals surface area (Å²) >= 11 is 3.57. The summed E-state index contributed by atoms with van der Waals surface area (Å²) in [5, 5.41) is 3.44. The number of rotatable bonds is 6. The van der Waals surface area contributed by atoms with Gasteiger partial charge in [0.25, 0.3) is 0 Å². The average molecular weight is 284 g/mol. The highest BCUT2D eigenvalue weighted by Gasteiger charge is 2.12. The number of methoxy groups -OCH3 is 1. The van der Waals surface area contributed by atoms with E-state index < -0.39 is 0 Å². The van der Waals surface area contributed by atoms with Gasteiger partial charge in [-0.15, -0.1) is 6.58 Å². The van der Waals surface area contributed by atoms with Gasteiger partial charge in [-0.25, -0.2) is 0 Å². The molecule has 0 aromatic heterocycles. The minimum Gasteiger partial charge on any atom is -0.497 e. The van der Waals surface area contributed by atoms with Gasteiger partial charge in [0.05, 0.1) is 7.11 Å². The fourth-order valence-electron chi connectivity index (χ4n) is 1.65. The van der Waals surface area contributed by atoms with Crippen LogP contribution in [0.4, 0.5) is 0 Å². The summed E-state index contributed by atoms with van der Waals surface area (Å²) in [7, 11) is 1.68. The Morgan fingerprint density at radius 2 is 2.31 bits per heavy atom. The largest absolute Gasteiger partial charge is 0.497 e. The molecule has 0 saturated heterocycles. The number of ether oxygens (including phenoxy) is 1. The number of nitrogens with one attached hydrogen (secondary N) is 1. The maximum absolute atomic E-state index is 5.24. The Kier molecular flexibility index (Phi) is 5.56. The third kappa shape index (κ3) is 3.35. The van der Waals surface area contributed by atoms with Gasteiger partial charge in [-0.05, 0) is 36.7 Å². The second-order valence-corrected chi connectivity index (χ2v) is 4.38. The van der Waals surface area contributed by atoms with E-state index in [0.29, 0.717) is 0 Å². The highest BCUT2D eigenvalue weighted by atomic mass is 79.9. The molecule has 16 heavy (non-hydrogen) atoms. The van der Waals surface area contributed by atoms with Crippen LogP contribution in [0.5, 0.6) is 5.75 Å². The van der Waals surface area contributed by atoms with E-state index in [1.165, 1.54) is 5.56 Å². The first-order valence-corrected chi connectivity index (χ1v) is 6.20. The minimum absolute atomic E-state index is 0.284. The molecule has 0 saturated carbocycles. The molecule has 1 atom stereocenters. The molecule has 0 spiro atoms. The first-order chi connectivity index (χ1) is 7.72. The van der Waals surface area contributed by atoms with Crippen LogP contribution in [-0.4, -0.2) is 13.7 Å². The van der Waals surface area contributed by atoms with Crippen LogP contribution < -0.4 is 10.1 Å². The molecule has 1 N–H and O–H groups in total. The molecule has 88 valence electrons. The zero-order valence-electron chi connectivity index (χ0n) is 9.79. The van der Waals surface area contributed by atoms with E-state index in [9.17, 15) is 0 Å². The normalized spacial score (nSPS) is 12.2. The Morgan fingerprint density at radius 3 is 2.88 bits per heavy atom. The standard InChI is InChI=1S/C13H18BrNO/c1-4-6-13(15-5-2)11-9-10(16-3)7-8-12(11)14/h4,7-9,13,15H,1,5-6H2,2-3H3. The Hall–Kier alpha value is -0.800. The molecule has 0 radical (unpaired) electrons. The zero-order valence-corrected chi connectivity index (χ0v) is 11.4. The average Bonchev–Trinajstić information content (AvgIpc) is 2.29. The molecule has 0 amide bonds. The maximum Gasteiger partial charge on any atom is 0.119 e. The van der Waals surface area contributed by atoms with E-state index in [1.807, 2.05) is 18.2 Å². The molecule has 0 heterocycles. The van der Waals surface area contributed by atoms with Gasteiger partial charge in [0.15, 0.2) is 0 Å². The molecule has 0 aliphatic rings. The van der Waals surface area contributed by atoms with Crippen molar-refractivity contribution in [3.05, 3.63) is 40.9 Å². The Morgan fingerprint density at radius 1 is 1.56 bits per heavy atom. The Balaban J connectivity index is 3.00. The van der Waals surface area contributed by atoms with Gasteiger partial charge in [0, 0.05) is 10.5 Å². The van der Waals surface area contributed by atoms with Gasteiger partial charge in [0.1, 0.15) is 5.75 Å². The molecule has 3 heteroatoms. The van der Waals surface area contributed by atoms with E-state index >= 15 is 0 Å². The van der Waals surface area contributed by atoms with Crippen molar-refractivity contribution in [2.24, 2.45) is 0 Å². The molecule has 0 fully saturated rings. The molecule has 1 aromatic carbocycles. The fraction of sp³-hybridized carbons (Fsp3) is 0.385. The first-order valence-electron chi connectivity index (χ1n) is 5.40. The van der Waals surface area contributed by atoms with Crippen molar-refractivity contribution < 1.29 is 4.74 Å². The lowest BCUT2D eigenvalue weighted by molar-refractivity contribution is 0.413. The summed E-state index contributed by atoms with van der Waals surface area (Å²) in [5.41, 5.74) is 1.21. The lowest BCUT2D eigenvalue weighted by Crippen LogP contribution is -2.20. The van der Waals surface area contributed by atoms with E-state index in [4.69, 9.17) is 4.74 Å². The molecule has 1 aromatic rings. The van der Waals surface area contributed by atoms with Crippen molar-refractivity contribution in [2.45, 2.75) is 19.4 Å². The minimum atomic E-state index is 0.284. The topological polar surface area (TPSA) is 21.3 Å². The smallest absolute Gasteiger partial charge is 0.119 e. The summed E-state index contributed by atoms with van der Waals surface area (Å²) in [6, 6.07) is 6.31. The van der Waals surface area contributed by atoms with Gasteiger partial charge in [-0.3, -0.25) is 0 Å². The SMILES string of the molecule is C=CCC(NCC)c1cc(OC)ccc1Br. The second-order valence-electron chi connectivity index (χ2n) is 3.52. The van der Waals surface area contributed by atoms with Crippen molar-refractivity contribution >= 4 is 15.9 Å². The van der Waals surface area contributed by atoms with Gasteiger partial charge < -0.3 is 10.1 Å². The van der Waals surface area contributed by atoms with Crippen LogP contribution in [0.2, 0.25) is 0 Å². The van der Waals surface area contributed by atoms with Crippen LogP contribution in [0.25, 0.3) is 0 Å². The van der Waals surface area contributed by atoms with Gasteiger partial charge in [-0.1, -0.05) is 28.9 Å². The van der Waals surface area contributed by atoms with Crippen molar-refractivity contribution in [2.75, 3.05) is 13.7 Å². The van der Waals surface area contributed by atoms with Crippen LogP contribution in [0, 0.1) is 0 Å². The highest BCUT2D eigenvalue weighted by molar-refractivity contribution is 9.10. The van der Waals surface area contributed by atoms with E-state index in [-0.39, 0.29) is 6.04 Å². The van der Waals surface area contributed by atoms with Crippen molar-refractivity contribution in [1.29, 1.82) is 0 Å². The van der Waals surface area contributed by atoms with E-state index in [1.54, 1.807) is 7.11 Å². The Bertz CT molecular complexity index is 352. The predicted molar refractivity (Wildman–Crippen MR) is 71.9 cm³/mol. The van der Waals surface area contributed by atoms with E-state index in [0.717, 1.165) is 23.2 Å². The van der Waals surface area contributed by atoms with Crippen LogP contribution in [0.1, 0.15) is 24.9 Å². The van der Waals surface area contributed by atoms with Crippen LogP contribution in [0.3, 0.4) is 0 Å². The Labute approximate surface area is 106 Å². The molecular weight excluding hydrogens is 266 g/mol. The van der Waals surface area contributed by atoms with Gasteiger partial charge in [-0.2, -0.15) is 0 Å². The fourth-order valence-corrected chi connectivity index (χ4v) is 2.17. The van der Waals surface area contributed by atoms with Crippen molar-refractivity contribution in [3.63, 3.8) is 0 Å². The van der Waals surface area contributed by atoms with E-state index in [2.05, 4.69) is 40.8 Å². The molecule has 1 rings (SSSR count). The molecule has 1 unspecified atom stereocenters. The number of halogens is 1. The molecule has 0 aliphatic carbocycles. The summed E-state index contributed by atoms with van der Waals surface area (Å²) in [4.78, 5) is 0. The number of hydrogen-bond donors (Lipinski definition) is 1. The van der Waals surface area contributed by atoms with Crippen LogP contribution in [0.15, 0.2) is 35.3 Å². The number of benzene rings is 1. The molecule has 2 nitrogen and oxygen atoms in total. The lowest BCUT2D eigenvalue weighted by Gasteiger charge is -2.18. The second kappa shape index (κ2) is 6.71. The van der Waals surface area contributed by atoms with Crippen molar-refractivity contribution in [1.82, 2.24) is 5.32 Å². The molecule has 0 aliphatic heterocycles. The quantitative estimate of drug-likeness (QED) is 0.804. The predicted octanol–water partition coefficient (Wildman–Crippen LogP) is 3.68. The third-order valence-electron chi connectivity index (χ3n) is 2.43. The molecular formula is C13H18BrNO. The third-order valence-corrected chi connectivity index (χ3v) is 3.15. The first kappa shape index (κ1) is 13.3. The summed E-state index contributed by atoms with van der Waals surface area (Å²) < 4.78 is 6.34. The van der Waals surface area contributed by atoms with Crippen LogP contribution >= 0.6 is 15.9 Å². The summed E-state index contributed by atoms with van der Waals surface area (Å²) in [6.45, 7) is 6.83. The summed E-state index contributed by atoms with van der Waals surface area (Å²) in [5.74, 6) is 0.880.